The number of hydrogen-bond acceptors (Lipinski definition) is 3. The lowest BCUT2D eigenvalue weighted by Gasteiger charge is -2.05. The number of H-pyrrole nitrogens is 1. The Hall–Kier alpha value is -0.900. The van der Waals surface area contributed by atoms with E-state index in [0.717, 1.165) is 30.4 Å². The molecule has 0 bridgehead atoms. The van der Waals surface area contributed by atoms with Crippen LogP contribution in [0.2, 0.25) is 0 Å². The second kappa shape index (κ2) is 3.46. The second-order valence-electron chi connectivity index (χ2n) is 3.76. The standard InChI is InChI=1S/C9H16N4/c1-2-8-11-9(13-12-8)5-7(10)6-3-4-6/h6-7H,2-5,10H2,1H3,(H,11,12,13). The average Bonchev–Trinajstić information content (AvgIpc) is 2.88. The highest BCUT2D eigenvalue weighted by atomic mass is 15.2. The fourth-order valence-corrected chi connectivity index (χ4v) is 1.50. The maximum Gasteiger partial charge on any atom is 0.150 e. The second-order valence-corrected chi connectivity index (χ2v) is 3.76. The Balaban J connectivity index is 1.92. The van der Waals surface area contributed by atoms with Crippen molar-refractivity contribution in [3.8, 4) is 0 Å². The van der Waals surface area contributed by atoms with Gasteiger partial charge in [0.25, 0.3) is 0 Å². The summed E-state index contributed by atoms with van der Waals surface area (Å²) in [5.41, 5.74) is 5.97. The van der Waals surface area contributed by atoms with Gasteiger partial charge in [0.1, 0.15) is 11.6 Å². The number of aryl methyl sites for hydroxylation is 1. The van der Waals surface area contributed by atoms with Gasteiger partial charge in [-0.2, -0.15) is 5.10 Å². The van der Waals surface area contributed by atoms with Crippen LogP contribution in [0.1, 0.15) is 31.4 Å². The van der Waals surface area contributed by atoms with E-state index >= 15 is 0 Å². The third-order valence-electron chi connectivity index (χ3n) is 2.55. The molecule has 2 rings (SSSR count). The van der Waals surface area contributed by atoms with Crippen molar-refractivity contribution in [1.82, 2.24) is 15.2 Å². The number of aromatic nitrogens is 3. The van der Waals surface area contributed by atoms with Crippen molar-refractivity contribution in [2.45, 2.75) is 38.6 Å². The summed E-state index contributed by atoms with van der Waals surface area (Å²) in [6.07, 6.45) is 4.30. The maximum absolute atomic E-state index is 5.97. The zero-order chi connectivity index (χ0) is 9.26. The topological polar surface area (TPSA) is 67.6 Å². The van der Waals surface area contributed by atoms with E-state index in [0.29, 0.717) is 0 Å². The molecule has 1 aromatic heterocycles. The van der Waals surface area contributed by atoms with Crippen LogP contribution in [-0.2, 0) is 12.8 Å². The molecule has 1 aromatic rings. The number of nitrogens with one attached hydrogen (secondary N) is 1. The van der Waals surface area contributed by atoms with Crippen LogP contribution in [-0.4, -0.2) is 21.2 Å². The van der Waals surface area contributed by atoms with Crippen LogP contribution in [0.4, 0.5) is 0 Å². The van der Waals surface area contributed by atoms with Gasteiger partial charge in [-0.15, -0.1) is 0 Å². The van der Waals surface area contributed by atoms with Gasteiger partial charge >= 0.3 is 0 Å². The van der Waals surface area contributed by atoms with E-state index in [4.69, 9.17) is 5.73 Å². The molecule has 1 aliphatic rings. The molecule has 4 heteroatoms. The first-order valence-electron chi connectivity index (χ1n) is 4.95. The SMILES string of the molecule is CCc1n[nH]c(CC(N)C2CC2)n1. The van der Waals surface area contributed by atoms with E-state index in [1.807, 2.05) is 6.92 Å². The van der Waals surface area contributed by atoms with E-state index in [2.05, 4.69) is 15.2 Å². The fourth-order valence-electron chi connectivity index (χ4n) is 1.50. The van der Waals surface area contributed by atoms with Gasteiger partial charge in [0.2, 0.25) is 0 Å². The fraction of sp³-hybridized carbons (Fsp3) is 0.778. The molecule has 1 unspecified atom stereocenters. The minimum Gasteiger partial charge on any atom is -0.327 e. The molecule has 0 saturated heterocycles. The third-order valence-corrected chi connectivity index (χ3v) is 2.55. The Kier molecular flexibility index (Phi) is 2.31. The molecule has 1 fully saturated rings. The van der Waals surface area contributed by atoms with Gasteiger partial charge in [-0.25, -0.2) is 4.98 Å². The Labute approximate surface area is 77.9 Å². The Morgan fingerprint density at radius 2 is 2.38 bits per heavy atom. The summed E-state index contributed by atoms with van der Waals surface area (Å²) < 4.78 is 0. The van der Waals surface area contributed by atoms with Gasteiger partial charge in [0, 0.05) is 18.9 Å². The summed E-state index contributed by atoms with van der Waals surface area (Å²) >= 11 is 0. The zero-order valence-electron chi connectivity index (χ0n) is 7.95. The maximum atomic E-state index is 5.97. The molecular formula is C9H16N4. The van der Waals surface area contributed by atoms with Crippen molar-refractivity contribution in [3.05, 3.63) is 11.6 Å². The molecule has 1 aliphatic carbocycles. The number of rotatable bonds is 4. The average molecular weight is 180 g/mol. The molecule has 0 aromatic carbocycles. The summed E-state index contributed by atoms with van der Waals surface area (Å²) in [7, 11) is 0. The molecular weight excluding hydrogens is 164 g/mol. The molecule has 1 saturated carbocycles. The first kappa shape index (κ1) is 8.69. The molecule has 1 heterocycles. The number of nitrogens with two attached hydrogens (primary N) is 1. The van der Waals surface area contributed by atoms with Crippen molar-refractivity contribution >= 4 is 0 Å². The number of nitrogens with zero attached hydrogens (tertiary/aromatic N) is 2. The molecule has 0 spiro atoms. The van der Waals surface area contributed by atoms with Crippen LogP contribution in [0.5, 0.6) is 0 Å². The number of hydrogen-bond donors (Lipinski definition) is 2. The minimum atomic E-state index is 0.276. The molecule has 3 N–H and O–H groups in total. The van der Waals surface area contributed by atoms with E-state index in [9.17, 15) is 0 Å². The Morgan fingerprint density at radius 3 is 2.92 bits per heavy atom. The predicted octanol–water partition coefficient (Wildman–Crippen LogP) is 0.647. The van der Waals surface area contributed by atoms with Gasteiger partial charge in [-0.1, -0.05) is 6.92 Å². The van der Waals surface area contributed by atoms with E-state index in [1.54, 1.807) is 0 Å². The molecule has 72 valence electrons. The molecule has 0 radical (unpaired) electrons. The lowest BCUT2D eigenvalue weighted by molar-refractivity contribution is 0.576. The minimum absolute atomic E-state index is 0.276. The Bertz CT molecular complexity index is 277. The first-order chi connectivity index (χ1) is 6.29. The zero-order valence-corrected chi connectivity index (χ0v) is 7.95. The highest BCUT2D eigenvalue weighted by Gasteiger charge is 2.28. The third kappa shape index (κ3) is 2.06. The van der Waals surface area contributed by atoms with Gasteiger partial charge < -0.3 is 5.73 Å². The van der Waals surface area contributed by atoms with E-state index in [-0.39, 0.29) is 6.04 Å². The summed E-state index contributed by atoms with van der Waals surface area (Å²) in [5, 5.41) is 7.00. The Morgan fingerprint density at radius 1 is 1.62 bits per heavy atom. The van der Waals surface area contributed by atoms with E-state index in [1.165, 1.54) is 12.8 Å². The van der Waals surface area contributed by atoms with Crippen LogP contribution in [0.3, 0.4) is 0 Å². The summed E-state index contributed by atoms with van der Waals surface area (Å²) in [6, 6.07) is 0.276. The van der Waals surface area contributed by atoms with Crippen molar-refractivity contribution in [2.75, 3.05) is 0 Å². The van der Waals surface area contributed by atoms with Crippen molar-refractivity contribution < 1.29 is 0 Å². The quantitative estimate of drug-likeness (QED) is 0.714. The molecule has 1 atom stereocenters. The smallest absolute Gasteiger partial charge is 0.150 e. The summed E-state index contributed by atoms with van der Waals surface area (Å²) in [4.78, 5) is 4.33. The molecule has 0 aliphatic heterocycles. The van der Waals surface area contributed by atoms with Gasteiger partial charge in [0.15, 0.2) is 0 Å². The lowest BCUT2D eigenvalue weighted by Crippen LogP contribution is -2.25. The summed E-state index contributed by atoms with van der Waals surface area (Å²) in [5.74, 6) is 2.56. The van der Waals surface area contributed by atoms with Crippen LogP contribution < -0.4 is 5.73 Å². The molecule has 13 heavy (non-hydrogen) atoms. The van der Waals surface area contributed by atoms with Crippen LogP contribution in [0, 0.1) is 5.92 Å². The number of aromatic amines is 1. The molecule has 0 amide bonds. The molecule has 4 nitrogen and oxygen atoms in total. The van der Waals surface area contributed by atoms with Crippen LogP contribution in [0.25, 0.3) is 0 Å². The first-order valence-corrected chi connectivity index (χ1v) is 4.95. The highest BCUT2D eigenvalue weighted by Crippen LogP contribution is 2.32. The van der Waals surface area contributed by atoms with Crippen molar-refractivity contribution in [1.29, 1.82) is 0 Å². The summed E-state index contributed by atoms with van der Waals surface area (Å²) in [6.45, 7) is 2.05. The predicted molar refractivity (Wildman–Crippen MR) is 50.2 cm³/mol. The highest BCUT2D eigenvalue weighted by molar-refractivity contribution is 4.96. The monoisotopic (exact) mass is 180 g/mol. The van der Waals surface area contributed by atoms with E-state index < -0.39 is 0 Å². The van der Waals surface area contributed by atoms with Crippen LogP contribution in [0.15, 0.2) is 0 Å². The van der Waals surface area contributed by atoms with Gasteiger partial charge in [-0.05, 0) is 18.8 Å². The largest absolute Gasteiger partial charge is 0.327 e. The van der Waals surface area contributed by atoms with Crippen molar-refractivity contribution in [2.24, 2.45) is 11.7 Å². The lowest BCUT2D eigenvalue weighted by atomic mass is 10.1. The van der Waals surface area contributed by atoms with Gasteiger partial charge in [0.05, 0.1) is 0 Å². The van der Waals surface area contributed by atoms with Gasteiger partial charge in [-0.3, -0.25) is 5.10 Å². The normalized spacial score (nSPS) is 18.9. The van der Waals surface area contributed by atoms with Crippen LogP contribution >= 0.6 is 0 Å². The van der Waals surface area contributed by atoms with Crippen molar-refractivity contribution in [3.63, 3.8) is 0 Å².